The van der Waals surface area contributed by atoms with Gasteiger partial charge in [0.05, 0.1) is 5.69 Å². The molecule has 1 aliphatic carbocycles. The molecule has 114 valence electrons. The molecule has 0 saturated heterocycles. The van der Waals surface area contributed by atoms with Crippen LogP contribution >= 0.6 is 0 Å². The van der Waals surface area contributed by atoms with Crippen LogP contribution in [0.15, 0.2) is 54.9 Å². The minimum Gasteiger partial charge on any atom is -0.341 e. The fourth-order valence-electron chi connectivity index (χ4n) is 2.87. The molecule has 0 fully saturated rings. The van der Waals surface area contributed by atoms with Crippen molar-refractivity contribution in [2.75, 3.05) is 7.05 Å². The van der Waals surface area contributed by atoms with Crippen LogP contribution in [0.2, 0.25) is 0 Å². The number of hydrogen-bond donors (Lipinski definition) is 0. The summed E-state index contributed by atoms with van der Waals surface area (Å²) in [5.41, 5.74) is 2.12. The predicted octanol–water partition coefficient (Wildman–Crippen LogP) is 3.19. The molecule has 0 radical (unpaired) electrons. The standard InChI is InChI=1S/C18H21N3O/c1-20(18(22)13-15-7-2-3-8-15)14-16-9-4-5-10-17(16)21-12-6-11-19-21/h2,4-7,9-12,15H,3,8,13-14H2,1H3/t15-/m0/s1. The van der Waals surface area contributed by atoms with Gasteiger partial charge in [-0.3, -0.25) is 4.79 Å². The van der Waals surface area contributed by atoms with Crippen molar-refractivity contribution >= 4 is 5.91 Å². The highest BCUT2D eigenvalue weighted by atomic mass is 16.2. The quantitative estimate of drug-likeness (QED) is 0.795. The summed E-state index contributed by atoms with van der Waals surface area (Å²) in [7, 11) is 1.88. The lowest BCUT2D eigenvalue weighted by atomic mass is 10.0. The zero-order chi connectivity index (χ0) is 15.4. The molecule has 0 unspecified atom stereocenters. The van der Waals surface area contributed by atoms with Gasteiger partial charge in [0.2, 0.25) is 5.91 Å². The molecule has 1 amide bonds. The van der Waals surface area contributed by atoms with Gasteiger partial charge in [0, 0.05) is 32.4 Å². The van der Waals surface area contributed by atoms with Crippen molar-refractivity contribution in [2.24, 2.45) is 5.92 Å². The number of carbonyl (C=O) groups excluding carboxylic acids is 1. The summed E-state index contributed by atoms with van der Waals surface area (Å²) in [6.07, 6.45) is 10.8. The van der Waals surface area contributed by atoms with Crippen LogP contribution in [0.4, 0.5) is 0 Å². The first-order chi connectivity index (χ1) is 10.7. The van der Waals surface area contributed by atoms with E-state index in [1.165, 1.54) is 0 Å². The maximum atomic E-state index is 12.4. The molecule has 22 heavy (non-hydrogen) atoms. The molecule has 0 bridgehead atoms. The average molecular weight is 295 g/mol. The van der Waals surface area contributed by atoms with Crippen LogP contribution in [0, 0.1) is 5.92 Å². The summed E-state index contributed by atoms with van der Waals surface area (Å²) < 4.78 is 1.84. The Morgan fingerprint density at radius 1 is 1.36 bits per heavy atom. The van der Waals surface area contributed by atoms with Crippen molar-refractivity contribution in [1.29, 1.82) is 0 Å². The Bertz CT molecular complexity index is 661. The summed E-state index contributed by atoms with van der Waals surface area (Å²) >= 11 is 0. The van der Waals surface area contributed by atoms with Crippen molar-refractivity contribution in [3.05, 3.63) is 60.4 Å². The number of para-hydroxylation sites is 1. The second-order valence-electron chi connectivity index (χ2n) is 5.80. The van der Waals surface area contributed by atoms with Gasteiger partial charge >= 0.3 is 0 Å². The fraction of sp³-hybridized carbons (Fsp3) is 0.333. The van der Waals surface area contributed by atoms with Gasteiger partial charge in [0.1, 0.15) is 0 Å². The number of allylic oxidation sites excluding steroid dienone is 2. The van der Waals surface area contributed by atoms with Crippen molar-refractivity contribution in [3.8, 4) is 5.69 Å². The molecule has 0 aliphatic heterocycles. The molecule has 0 N–H and O–H groups in total. The van der Waals surface area contributed by atoms with E-state index >= 15 is 0 Å². The summed E-state index contributed by atoms with van der Waals surface area (Å²) in [5.74, 6) is 0.614. The number of amides is 1. The lowest BCUT2D eigenvalue weighted by Crippen LogP contribution is -2.28. The molecular formula is C18H21N3O. The molecule has 0 saturated carbocycles. The Labute approximate surface area is 131 Å². The van der Waals surface area contributed by atoms with Crippen LogP contribution in [0.3, 0.4) is 0 Å². The molecule has 4 nitrogen and oxygen atoms in total. The van der Waals surface area contributed by atoms with Crippen LogP contribution in [-0.4, -0.2) is 27.6 Å². The number of benzene rings is 1. The molecule has 1 heterocycles. The molecule has 4 heteroatoms. The van der Waals surface area contributed by atoms with Gasteiger partial charge in [-0.2, -0.15) is 5.10 Å². The van der Waals surface area contributed by atoms with E-state index in [-0.39, 0.29) is 5.91 Å². The Morgan fingerprint density at radius 2 is 2.23 bits per heavy atom. The van der Waals surface area contributed by atoms with E-state index in [0.717, 1.165) is 24.1 Å². The average Bonchev–Trinajstić information content (AvgIpc) is 3.21. The Morgan fingerprint density at radius 3 is 2.95 bits per heavy atom. The summed E-state index contributed by atoms with van der Waals surface area (Å²) in [5, 5.41) is 4.29. The van der Waals surface area contributed by atoms with Crippen molar-refractivity contribution < 1.29 is 4.79 Å². The van der Waals surface area contributed by atoms with E-state index in [1.54, 1.807) is 6.20 Å². The van der Waals surface area contributed by atoms with Gasteiger partial charge in [-0.15, -0.1) is 0 Å². The summed E-state index contributed by atoms with van der Waals surface area (Å²) in [6.45, 7) is 0.602. The topological polar surface area (TPSA) is 38.1 Å². The Hall–Kier alpha value is -2.36. The van der Waals surface area contributed by atoms with E-state index in [0.29, 0.717) is 18.9 Å². The maximum absolute atomic E-state index is 12.4. The molecule has 1 aromatic carbocycles. The molecule has 1 aromatic heterocycles. The first-order valence-electron chi connectivity index (χ1n) is 7.72. The van der Waals surface area contributed by atoms with Gasteiger partial charge in [0.25, 0.3) is 0 Å². The van der Waals surface area contributed by atoms with Gasteiger partial charge in [-0.25, -0.2) is 4.68 Å². The highest BCUT2D eigenvalue weighted by molar-refractivity contribution is 5.76. The summed E-state index contributed by atoms with van der Waals surface area (Å²) in [4.78, 5) is 14.2. The third-order valence-electron chi connectivity index (χ3n) is 4.13. The maximum Gasteiger partial charge on any atom is 0.223 e. The molecule has 2 aromatic rings. The molecule has 3 rings (SSSR count). The number of aromatic nitrogens is 2. The van der Waals surface area contributed by atoms with E-state index < -0.39 is 0 Å². The van der Waals surface area contributed by atoms with Crippen molar-refractivity contribution in [1.82, 2.24) is 14.7 Å². The normalized spacial score (nSPS) is 16.9. The first kappa shape index (κ1) is 14.6. The van der Waals surface area contributed by atoms with E-state index in [1.807, 2.05) is 47.1 Å². The second-order valence-corrected chi connectivity index (χ2v) is 5.80. The lowest BCUT2D eigenvalue weighted by molar-refractivity contribution is -0.131. The Kier molecular flexibility index (Phi) is 4.37. The van der Waals surface area contributed by atoms with Crippen LogP contribution in [-0.2, 0) is 11.3 Å². The van der Waals surface area contributed by atoms with Crippen LogP contribution < -0.4 is 0 Å². The minimum atomic E-state index is 0.201. The van der Waals surface area contributed by atoms with Crippen molar-refractivity contribution in [3.63, 3.8) is 0 Å². The SMILES string of the molecule is CN(Cc1ccccc1-n1cccn1)C(=O)C[C@H]1C=CCC1. The highest BCUT2D eigenvalue weighted by Crippen LogP contribution is 2.22. The smallest absolute Gasteiger partial charge is 0.223 e. The number of carbonyl (C=O) groups is 1. The molecule has 0 spiro atoms. The van der Waals surface area contributed by atoms with Crippen molar-refractivity contribution in [2.45, 2.75) is 25.8 Å². The predicted molar refractivity (Wildman–Crippen MR) is 86.5 cm³/mol. The van der Waals surface area contributed by atoms with Crippen LogP contribution in [0.5, 0.6) is 0 Å². The zero-order valence-electron chi connectivity index (χ0n) is 12.9. The Balaban J connectivity index is 1.70. The van der Waals surface area contributed by atoms with Crippen LogP contribution in [0.1, 0.15) is 24.8 Å². The molecular weight excluding hydrogens is 274 g/mol. The minimum absolute atomic E-state index is 0.201. The molecule has 1 atom stereocenters. The van der Waals surface area contributed by atoms with Gasteiger partial charge in [-0.1, -0.05) is 30.4 Å². The van der Waals surface area contributed by atoms with Gasteiger partial charge < -0.3 is 4.90 Å². The molecule has 1 aliphatic rings. The van der Waals surface area contributed by atoms with Gasteiger partial charge in [0.15, 0.2) is 0 Å². The lowest BCUT2D eigenvalue weighted by Gasteiger charge is -2.20. The number of hydrogen-bond acceptors (Lipinski definition) is 2. The van der Waals surface area contributed by atoms with Crippen LogP contribution in [0.25, 0.3) is 5.69 Å². The third-order valence-corrected chi connectivity index (χ3v) is 4.13. The summed E-state index contributed by atoms with van der Waals surface area (Å²) in [6, 6.07) is 9.97. The fourth-order valence-corrected chi connectivity index (χ4v) is 2.87. The van der Waals surface area contributed by atoms with E-state index in [4.69, 9.17) is 0 Å². The zero-order valence-corrected chi connectivity index (χ0v) is 12.9. The number of rotatable bonds is 5. The monoisotopic (exact) mass is 295 g/mol. The van der Waals surface area contributed by atoms with E-state index in [2.05, 4.69) is 23.3 Å². The first-order valence-corrected chi connectivity index (χ1v) is 7.72. The highest BCUT2D eigenvalue weighted by Gasteiger charge is 2.18. The second kappa shape index (κ2) is 6.60. The largest absolute Gasteiger partial charge is 0.341 e. The third kappa shape index (κ3) is 3.27. The number of nitrogens with zero attached hydrogens (tertiary/aromatic N) is 3. The van der Waals surface area contributed by atoms with E-state index in [9.17, 15) is 4.79 Å². The van der Waals surface area contributed by atoms with Gasteiger partial charge in [-0.05, 0) is 36.5 Å².